The van der Waals surface area contributed by atoms with Gasteiger partial charge in [-0.05, 0) is 49.2 Å². The molecule has 8 heteroatoms. The van der Waals surface area contributed by atoms with Gasteiger partial charge < -0.3 is 9.64 Å². The Morgan fingerprint density at radius 2 is 1.74 bits per heavy atom. The minimum atomic E-state index is -3.86. The molecule has 0 radical (unpaired) electrons. The number of morpholine rings is 1. The van der Waals surface area contributed by atoms with Gasteiger partial charge in [-0.2, -0.15) is 0 Å². The number of anilines is 1. The second kappa shape index (κ2) is 7.88. The van der Waals surface area contributed by atoms with Crippen molar-refractivity contribution in [2.75, 3.05) is 31.0 Å². The summed E-state index contributed by atoms with van der Waals surface area (Å²) in [5, 5.41) is 0.436. The van der Waals surface area contributed by atoms with Gasteiger partial charge in [0, 0.05) is 23.7 Å². The van der Waals surface area contributed by atoms with Crippen LogP contribution in [-0.4, -0.2) is 45.5 Å². The van der Waals surface area contributed by atoms with Gasteiger partial charge in [-0.15, -0.1) is 0 Å². The Hall–Kier alpha value is -2.09. The van der Waals surface area contributed by atoms with Crippen molar-refractivity contribution in [2.45, 2.75) is 18.7 Å². The number of ether oxygens (including phenoxy) is 1. The van der Waals surface area contributed by atoms with Crippen molar-refractivity contribution in [2.24, 2.45) is 0 Å². The van der Waals surface area contributed by atoms with Gasteiger partial charge in [-0.3, -0.25) is 9.52 Å². The Bertz CT molecular complexity index is 970. The third-order valence-electron chi connectivity index (χ3n) is 4.49. The van der Waals surface area contributed by atoms with Crippen LogP contribution in [0.5, 0.6) is 0 Å². The predicted molar refractivity (Wildman–Crippen MR) is 105 cm³/mol. The molecule has 1 amide bonds. The van der Waals surface area contributed by atoms with Gasteiger partial charge >= 0.3 is 0 Å². The molecule has 1 aliphatic rings. The van der Waals surface area contributed by atoms with Crippen LogP contribution in [0.2, 0.25) is 5.02 Å². The average molecular weight is 409 g/mol. The highest BCUT2D eigenvalue weighted by atomic mass is 35.5. The highest BCUT2D eigenvalue weighted by molar-refractivity contribution is 7.92. The lowest BCUT2D eigenvalue weighted by Gasteiger charge is -2.27. The van der Waals surface area contributed by atoms with Crippen LogP contribution < -0.4 is 4.72 Å². The average Bonchev–Trinajstić information content (AvgIpc) is 2.65. The van der Waals surface area contributed by atoms with Crippen molar-refractivity contribution in [1.29, 1.82) is 0 Å². The summed E-state index contributed by atoms with van der Waals surface area (Å²) in [4.78, 5) is 14.5. The van der Waals surface area contributed by atoms with Gasteiger partial charge in [0.15, 0.2) is 0 Å². The molecule has 0 spiro atoms. The molecule has 1 fully saturated rings. The van der Waals surface area contributed by atoms with Crippen LogP contribution in [0.1, 0.15) is 21.5 Å². The summed E-state index contributed by atoms with van der Waals surface area (Å²) in [6.07, 6.45) is 0. The quantitative estimate of drug-likeness (QED) is 0.842. The minimum absolute atomic E-state index is 0.0316. The van der Waals surface area contributed by atoms with E-state index in [4.69, 9.17) is 16.3 Å². The van der Waals surface area contributed by atoms with Gasteiger partial charge in [-0.1, -0.05) is 23.7 Å². The fourth-order valence-electron chi connectivity index (χ4n) is 2.84. The number of benzene rings is 2. The van der Waals surface area contributed by atoms with Gasteiger partial charge in [0.05, 0.1) is 23.8 Å². The van der Waals surface area contributed by atoms with Gasteiger partial charge in [0.1, 0.15) is 0 Å². The van der Waals surface area contributed by atoms with Gasteiger partial charge in [-0.25, -0.2) is 8.42 Å². The molecule has 0 aliphatic carbocycles. The molecule has 1 N–H and O–H groups in total. The van der Waals surface area contributed by atoms with E-state index in [0.717, 1.165) is 11.1 Å². The Balaban J connectivity index is 1.92. The molecule has 1 heterocycles. The zero-order valence-electron chi connectivity index (χ0n) is 15.2. The van der Waals surface area contributed by atoms with Crippen molar-refractivity contribution in [3.8, 4) is 0 Å². The van der Waals surface area contributed by atoms with E-state index in [2.05, 4.69) is 4.72 Å². The van der Waals surface area contributed by atoms with Crippen molar-refractivity contribution < 1.29 is 17.9 Å². The van der Waals surface area contributed by atoms with Gasteiger partial charge in [0.2, 0.25) is 0 Å². The molecule has 6 nitrogen and oxygen atoms in total. The molecule has 0 aromatic heterocycles. The lowest BCUT2D eigenvalue weighted by molar-refractivity contribution is 0.0302. The van der Waals surface area contributed by atoms with E-state index in [1.54, 1.807) is 43.0 Å². The van der Waals surface area contributed by atoms with Crippen LogP contribution in [0, 0.1) is 13.8 Å². The largest absolute Gasteiger partial charge is 0.378 e. The number of amides is 1. The fraction of sp³-hybridized carbons (Fsp3) is 0.316. The third-order valence-corrected chi connectivity index (χ3v) is 6.09. The number of hydrogen-bond acceptors (Lipinski definition) is 4. The topological polar surface area (TPSA) is 75.7 Å². The van der Waals surface area contributed by atoms with Crippen molar-refractivity contribution in [3.05, 3.63) is 58.1 Å². The Kier molecular flexibility index (Phi) is 5.74. The summed E-state index contributed by atoms with van der Waals surface area (Å²) in [5.41, 5.74) is 2.26. The van der Waals surface area contributed by atoms with E-state index in [9.17, 15) is 13.2 Å². The summed E-state index contributed by atoms with van der Waals surface area (Å²) in [6.45, 7) is 5.54. The lowest BCUT2D eigenvalue weighted by Crippen LogP contribution is -2.41. The van der Waals surface area contributed by atoms with Crippen LogP contribution in [-0.2, 0) is 14.8 Å². The number of rotatable bonds is 4. The van der Waals surface area contributed by atoms with E-state index >= 15 is 0 Å². The van der Waals surface area contributed by atoms with Crippen LogP contribution in [0.15, 0.2) is 41.3 Å². The molecule has 1 saturated heterocycles. The Morgan fingerprint density at radius 3 is 2.44 bits per heavy atom. The molecular weight excluding hydrogens is 388 g/mol. The first-order valence-corrected chi connectivity index (χ1v) is 10.4. The first-order valence-electron chi connectivity index (χ1n) is 8.54. The monoisotopic (exact) mass is 408 g/mol. The fourth-order valence-corrected chi connectivity index (χ4v) is 4.16. The second-order valence-electron chi connectivity index (χ2n) is 6.45. The maximum Gasteiger partial charge on any atom is 0.261 e. The van der Waals surface area contributed by atoms with Gasteiger partial charge in [0.25, 0.3) is 15.9 Å². The number of aryl methyl sites for hydroxylation is 2. The number of nitrogens with one attached hydrogen (secondary N) is 1. The second-order valence-corrected chi connectivity index (χ2v) is 8.56. The summed E-state index contributed by atoms with van der Waals surface area (Å²) in [6, 6.07) is 9.56. The normalized spacial score (nSPS) is 14.9. The number of halogens is 1. The van der Waals surface area contributed by atoms with Crippen LogP contribution >= 0.6 is 11.6 Å². The van der Waals surface area contributed by atoms with Crippen LogP contribution in [0.4, 0.5) is 5.69 Å². The van der Waals surface area contributed by atoms with E-state index in [1.165, 1.54) is 12.1 Å². The zero-order valence-corrected chi connectivity index (χ0v) is 16.7. The SMILES string of the molecule is Cc1ccc(Cl)cc1NS(=O)(=O)c1ccc(C)c(C(=O)N2CCOCC2)c1. The standard InChI is InChI=1S/C19H21ClN2O4S/c1-13-4-6-16(12-17(13)19(23)22-7-9-26-10-8-22)27(24,25)21-18-11-15(20)5-3-14(18)2/h3-6,11-12,21H,7-10H2,1-2H3. The first kappa shape index (κ1) is 19.7. The number of carbonyl (C=O) groups is 1. The maximum absolute atomic E-state index is 12.8. The smallest absolute Gasteiger partial charge is 0.261 e. The number of hydrogen-bond donors (Lipinski definition) is 1. The molecule has 144 valence electrons. The molecule has 1 aliphatic heterocycles. The zero-order chi connectivity index (χ0) is 19.6. The molecule has 0 saturated carbocycles. The summed E-state index contributed by atoms with van der Waals surface area (Å²) in [5.74, 6) is -0.188. The highest BCUT2D eigenvalue weighted by Crippen LogP contribution is 2.25. The van der Waals surface area contributed by atoms with E-state index in [0.29, 0.717) is 42.6 Å². The minimum Gasteiger partial charge on any atom is -0.378 e. The molecule has 0 unspecified atom stereocenters. The number of sulfonamides is 1. The van der Waals surface area contributed by atoms with Crippen molar-refractivity contribution in [3.63, 3.8) is 0 Å². The van der Waals surface area contributed by atoms with Crippen molar-refractivity contribution in [1.82, 2.24) is 4.90 Å². The summed E-state index contributed by atoms with van der Waals surface area (Å²) < 4.78 is 33.5. The number of carbonyl (C=O) groups excluding carboxylic acids is 1. The lowest BCUT2D eigenvalue weighted by atomic mass is 10.1. The summed E-state index contributed by atoms with van der Waals surface area (Å²) >= 11 is 5.97. The van der Waals surface area contributed by atoms with Crippen molar-refractivity contribution >= 4 is 33.2 Å². The third kappa shape index (κ3) is 4.43. The van der Waals surface area contributed by atoms with Crippen LogP contribution in [0.25, 0.3) is 0 Å². The first-order chi connectivity index (χ1) is 12.8. The van der Waals surface area contributed by atoms with Crippen LogP contribution in [0.3, 0.4) is 0 Å². The maximum atomic E-state index is 12.8. The Labute approximate surface area is 164 Å². The molecule has 27 heavy (non-hydrogen) atoms. The highest BCUT2D eigenvalue weighted by Gasteiger charge is 2.23. The molecule has 3 rings (SSSR count). The van der Waals surface area contributed by atoms with E-state index in [1.807, 2.05) is 0 Å². The van der Waals surface area contributed by atoms with E-state index < -0.39 is 10.0 Å². The predicted octanol–water partition coefficient (Wildman–Crippen LogP) is 3.23. The molecule has 0 bridgehead atoms. The molecule has 2 aromatic rings. The molecular formula is C19H21ClN2O4S. The van der Waals surface area contributed by atoms with E-state index in [-0.39, 0.29) is 10.8 Å². The summed E-state index contributed by atoms with van der Waals surface area (Å²) in [7, 11) is -3.86. The molecule has 2 aromatic carbocycles. The number of nitrogens with zero attached hydrogens (tertiary/aromatic N) is 1. The Morgan fingerprint density at radius 1 is 1.07 bits per heavy atom. The molecule has 0 atom stereocenters.